The Bertz CT molecular complexity index is 1100. The standard InChI is InChI=1S/C19H15ClF3N5O2/c1-11(17(29)27-13-5-3-2-4-6-13)26-14-10-25-28(18(30)16(14)20)15-8-7-12(9-24-15)19(21,22)23/h2-11,26H,1H3,(H,27,29). The lowest BCUT2D eigenvalue weighted by Crippen LogP contribution is -2.33. The molecule has 0 aliphatic carbocycles. The molecule has 3 aromatic rings. The first-order valence-corrected chi connectivity index (χ1v) is 8.98. The molecule has 2 aromatic heterocycles. The number of carbonyl (C=O) groups is 1. The Labute approximate surface area is 173 Å². The number of amides is 1. The van der Waals surface area contributed by atoms with Crippen LogP contribution in [0.1, 0.15) is 12.5 Å². The second kappa shape index (κ2) is 8.54. The van der Waals surface area contributed by atoms with Crippen molar-refractivity contribution >= 4 is 28.9 Å². The van der Waals surface area contributed by atoms with E-state index in [1.165, 1.54) is 6.20 Å². The molecule has 0 fully saturated rings. The molecule has 1 atom stereocenters. The number of pyridine rings is 1. The zero-order valence-corrected chi connectivity index (χ0v) is 16.2. The minimum atomic E-state index is -4.55. The van der Waals surface area contributed by atoms with Crippen LogP contribution in [-0.2, 0) is 11.0 Å². The summed E-state index contributed by atoms with van der Waals surface area (Å²) in [5.41, 5.74) is -1.06. The van der Waals surface area contributed by atoms with Gasteiger partial charge < -0.3 is 10.6 Å². The number of hydrogen-bond acceptors (Lipinski definition) is 5. The maximum atomic E-state index is 12.7. The molecule has 156 valence electrons. The quantitative estimate of drug-likeness (QED) is 0.634. The maximum Gasteiger partial charge on any atom is 0.417 e. The first kappa shape index (κ1) is 21.3. The topological polar surface area (TPSA) is 88.9 Å². The second-order valence-corrected chi connectivity index (χ2v) is 6.59. The van der Waals surface area contributed by atoms with Crippen molar-refractivity contribution in [2.45, 2.75) is 19.1 Å². The largest absolute Gasteiger partial charge is 0.417 e. The van der Waals surface area contributed by atoms with E-state index in [0.717, 1.165) is 16.8 Å². The van der Waals surface area contributed by atoms with Crippen LogP contribution in [0.15, 0.2) is 59.7 Å². The van der Waals surface area contributed by atoms with E-state index in [0.29, 0.717) is 11.9 Å². The molecular weight excluding hydrogens is 423 g/mol. The summed E-state index contributed by atoms with van der Waals surface area (Å²) in [5.74, 6) is -0.498. The van der Waals surface area contributed by atoms with Crippen LogP contribution in [0.25, 0.3) is 5.82 Å². The number of rotatable bonds is 5. The van der Waals surface area contributed by atoms with Crippen molar-refractivity contribution < 1.29 is 18.0 Å². The number of hydrogen-bond donors (Lipinski definition) is 2. The van der Waals surface area contributed by atoms with Gasteiger partial charge in [-0.1, -0.05) is 29.8 Å². The van der Waals surface area contributed by atoms with Gasteiger partial charge in [-0.25, -0.2) is 4.98 Å². The van der Waals surface area contributed by atoms with E-state index >= 15 is 0 Å². The predicted molar refractivity (Wildman–Crippen MR) is 106 cm³/mol. The SMILES string of the molecule is CC(Nc1cnn(-c2ccc(C(F)(F)F)cn2)c(=O)c1Cl)C(=O)Nc1ccccc1. The smallest absolute Gasteiger partial charge is 0.371 e. The summed E-state index contributed by atoms with van der Waals surface area (Å²) in [6, 6.07) is 9.82. The zero-order chi connectivity index (χ0) is 21.9. The molecule has 1 amide bonds. The van der Waals surface area contributed by atoms with E-state index in [2.05, 4.69) is 20.7 Å². The van der Waals surface area contributed by atoms with Crippen LogP contribution < -0.4 is 16.2 Å². The molecule has 0 bridgehead atoms. The highest BCUT2D eigenvalue weighted by atomic mass is 35.5. The average Bonchev–Trinajstić information content (AvgIpc) is 2.71. The summed E-state index contributed by atoms with van der Waals surface area (Å²) in [4.78, 5) is 28.4. The molecule has 1 aromatic carbocycles. The minimum Gasteiger partial charge on any atom is -0.371 e. The number of para-hydroxylation sites is 1. The first-order chi connectivity index (χ1) is 14.2. The highest BCUT2D eigenvalue weighted by Gasteiger charge is 2.30. The molecule has 2 heterocycles. The molecule has 0 aliphatic rings. The normalized spacial score (nSPS) is 12.3. The fourth-order valence-corrected chi connectivity index (χ4v) is 2.63. The van der Waals surface area contributed by atoms with Crippen LogP contribution in [0.3, 0.4) is 0 Å². The molecule has 0 spiro atoms. The second-order valence-electron chi connectivity index (χ2n) is 6.21. The van der Waals surface area contributed by atoms with Gasteiger partial charge in [0.05, 0.1) is 17.4 Å². The van der Waals surface area contributed by atoms with Gasteiger partial charge >= 0.3 is 6.18 Å². The van der Waals surface area contributed by atoms with Gasteiger partial charge in [0.25, 0.3) is 5.56 Å². The first-order valence-electron chi connectivity index (χ1n) is 8.60. The summed E-state index contributed by atoms with van der Waals surface area (Å²) in [6.45, 7) is 1.57. The van der Waals surface area contributed by atoms with Gasteiger partial charge in [-0.3, -0.25) is 9.59 Å². The number of nitrogens with one attached hydrogen (secondary N) is 2. The molecule has 3 rings (SSSR count). The fourth-order valence-electron chi connectivity index (χ4n) is 2.45. The predicted octanol–water partition coefficient (Wildman–Crippen LogP) is 3.74. The van der Waals surface area contributed by atoms with E-state index in [4.69, 9.17) is 11.6 Å². The lowest BCUT2D eigenvalue weighted by Gasteiger charge is -2.16. The summed E-state index contributed by atoms with van der Waals surface area (Å²) < 4.78 is 38.7. The molecular formula is C19H15ClF3N5O2. The van der Waals surface area contributed by atoms with Crippen LogP contribution in [0, 0.1) is 0 Å². The highest BCUT2D eigenvalue weighted by molar-refractivity contribution is 6.33. The van der Waals surface area contributed by atoms with Crippen molar-refractivity contribution in [3.8, 4) is 5.82 Å². The molecule has 7 nitrogen and oxygen atoms in total. The summed E-state index contributed by atoms with van der Waals surface area (Å²) in [6.07, 6.45) is -2.76. The van der Waals surface area contributed by atoms with Gasteiger partial charge in [0.2, 0.25) is 5.91 Å². The number of alkyl halides is 3. The number of benzene rings is 1. The fraction of sp³-hybridized carbons (Fsp3) is 0.158. The Hall–Kier alpha value is -3.40. The molecule has 0 aliphatic heterocycles. The lowest BCUT2D eigenvalue weighted by molar-refractivity contribution is -0.137. The summed E-state index contributed by atoms with van der Waals surface area (Å²) >= 11 is 6.09. The van der Waals surface area contributed by atoms with Crippen molar-refractivity contribution in [1.29, 1.82) is 0 Å². The van der Waals surface area contributed by atoms with Crippen molar-refractivity contribution in [3.05, 3.63) is 75.8 Å². The summed E-state index contributed by atoms with van der Waals surface area (Å²) in [5, 5.41) is 9.08. The average molecular weight is 438 g/mol. The molecule has 0 saturated carbocycles. The van der Waals surface area contributed by atoms with E-state index in [-0.39, 0.29) is 22.4 Å². The molecule has 11 heteroatoms. The van der Waals surface area contributed by atoms with Gasteiger partial charge in [0.1, 0.15) is 11.1 Å². The molecule has 0 radical (unpaired) electrons. The molecule has 0 saturated heterocycles. The molecule has 1 unspecified atom stereocenters. The van der Waals surface area contributed by atoms with Gasteiger partial charge in [-0.05, 0) is 31.2 Å². The van der Waals surface area contributed by atoms with Crippen LogP contribution in [-0.4, -0.2) is 26.7 Å². The lowest BCUT2D eigenvalue weighted by atomic mass is 10.2. The van der Waals surface area contributed by atoms with E-state index in [1.807, 2.05) is 6.07 Å². The van der Waals surface area contributed by atoms with Crippen LogP contribution in [0.2, 0.25) is 5.02 Å². The van der Waals surface area contributed by atoms with Crippen molar-refractivity contribution in [2.75, 3.05) is 10.6 Å². The number of anilines is 2. The van der Waals surface area contributed by atoms with Gasteiger partial charge in [-0.15, -0.1) is 0 Å². The Morgan fingerprint density at radius 3 is 2.43 bits per heavy atom. The van der Waals surface area contributed by atoms with Crippen LogP contribution in [0.5, 0.6) is 0 Å². The third-order valence-corrected chi connectivity index (χ3v) is 4.38. The zero-order valence-electron chi connectivity index (χ0n) is 15.4. The van der Waals surface area contributed by atoms with E-state index in [9.17, 15) is 22.8 Å². The third kappa shape index (κ3) is 4.77. The monoisotopic (exact) mass is 437 g/mol. The third-order valence-electron chi connectivity index (χ3n) is 4.02. The van der Waals surface area contributed by atoms with Crippen LogP contribution >= 0.6 is 11.6 Å². The van der Waals surface area contributed by atoms with Gasteiger partial charge in [-0.2, -0.15) is 23.0 Å². The van der Waals surface area contributed by atoms with Crippen LogP contribution in [0.4, 0.5) is 24.5 Å². The van der Waals surface area contributed by atoms with Crippen molar-refractivity contribution in [1.82, 2.24) is 14.8 Å². The van der Waals surface area contributed by atoms with E-state index < -0.39 is 23.3 Å². The van der Waals surface area contributed by atoms with Gasteiger partial charge in [0, 0.05) is 11.9 Å². The summed E-state index contributed by atoms with van der Waals surface area (Å²) in [7, 11) is 0. The molecule has 30 heavy (non-hydrogen) atoms. The Morgan fingerprint density at radius 2 is 1.83 bits per heavy atom. The number of carbonyl (C=O) groups excluding carboxylic acids is 1. The Balaban J connectivity index is 1.77. The Morgan fingerprint density at radius 1 is 1.13 bits per heavy atom. The highest BCUT2D eigenvalue weighted by Crippen LogP contribution is 2.28. The van der Waals surface area contributed by atoms with Crippen molar-refractivity contribution in [3.63, 3.8) is 0 Å². The molecule has 2 N–H and O–H groups in total. The van der Waals surface area contributed by atoms with E-state index in [1.54, 1.807) is 31.2 Å². The van der Waals surface area contributed by atoms with Gasteiger partial charge in [0.15, 0.2) is 5.82 Å². The number of halogens is 4. The van der Waals surface area contributed by atoms with Crippen molar-refractivity contribution in [2.24, 2.45) is 0 Å². The maximum absolute atomic E-state index is 12.7. The number of aromatic nitrogens is 3. The Kier molecular flexibility index (Phi) is 6.06. The number of nitrogens with zero attached hydrogens (tertiary/aromatic N) is 3. The minimum absolute atomic E-state index is 0.0977.